The first kappa shape index (κ1) is 50.3. The number of hydrogen-bond acceptors (Lipinski definition) is 5. The number of hydrogen-bond donors (Lipinski definition) is 4. The monoisotopic (exact) mass is 746 g/mol. The first-order chi connectivity index (χ1) is 24.7. The van der Waals surface area contributed by atoms with Crippen LogP contribution in [0, 0.1) is 0 Å². The largest absolute Gasteiger partial charge is 0.391 e. The summed E-state index contributed by atoms with van der Waals surface area (Å²) in [7, 11) is -4.40. The number of carbonyl (C=O) groups is 1. The van der Waals surface area contributed by atoms with Crippen molar-refractivity contribution < 1.29 is 28.0 Å². The number of unbranched alkanes of at least 4 members (excludes halogenated alkanes) is 32. The highest BCUT2D eigenvalue weighted by Crippen LogP contribution is 2.17. The van der Waals surface area contributed by atoms with Crippen molar-refractivity contribution in [1.29, 1.82) is 0 Å². The van der Waals surface area contributed by atoms with E-state index in [1.807, 2.05) is 0 Å². The lowest BCUT2D eigenvalue weighted by atomic mass is 10.0. The molecule has 1 amide bonds. The van der Waals surface area contributed by atoms with E-state index in [9.17, 15) is 28.0 Å². The van der Waals surface area contributed by atoms with Gasteiger partial charge in [-0.1, -0.05) is 232 Å². The van der Waals surface area contributed by atoms with Gasteiger partial charge in [0.15, 0.2) is 0 Å². The van der Waals surface area contributed by atoms with Gasteiger partial charge in [-0.15, -0.1) is 0 Å². The zero-order valence-corrected chi connectivity index (χ0v) is 34.7. The summed E-state index contributed by atoms with van der Waals surface area (Å²) in [5.74, 6) is -1.44. The molecule has 0 bridgehead atoms. The minimum absolute atomic E-state index is 0.304. The van der Waals surface area contributed by atoms with Gasteiger partial charge in [-0.25, -0.2) is 0 Å². The highest BCUT2D eigenvalue weighted by atomic mass is 32.2. The lowest BCUT2D eigenvalue weighted by Gasteiger charge is -2.24. The van der Waals surface area contributed by atoms with Crippen LogP contribution in [0.1, 0.15) is 245 Å². The van der Waals surface area contributed by atoms with Gasteiger partial charge in [-0.3, -0.25) is 9.35 Å². The smallest absolute Gasteiger partial charge is 0.266 e. The Morgan fingerprint density at radius 3 is 0.980 bits per heavy atom. The fourth-order valence-corrected chi connectivity index (χ4v) is 7.99. The molecule has 0 saturated carbocycles. The molecule has 7 nitrogen and oxygen atoms in total. The van der Waals surface area contributed by atoms with Crippen molar-refractivity contribution in [1.82, 2.24) is 5.32 Å². The summed E-state index contributed by atoms with van der Waals surface area (Å²) in [6.07, 6.45) is 41.2. The molecule has 8 heteroatoms. The van der Waals surface area contributed by atoms with Gasteiger partial charge < -0.3 is 15.5 Å². The molecule has 0 aliphatic carbocycles. The summed E-state index contributed by atoms with van der Waals surface area (Å²) in [4.78, 5) is 12.6. The van der Waals surface area contributed by atoms with Crippen molar-refractivity contribution in [3.63, 3.8) is 0 Å². The summed E-state index contributed by atoms with van der Waals surface area (Å²) >= 11 is 0. The van der Waals surface area contributed by atoms with Crippen LogP contribution in [0.4, 0.5) is 0 Å². The van der Waals surface area contributed by atoms with Crippen LogP contribution in [-0.2, 0) is 14.9 Å². The van der Waals surface area contributed by atoms with Gasteiger partial charge in [0.2, 0.25) is 5.91 Å². The van der Waals surface area contributed by atoms with Gasteiger partial charge in [0.1, 0.15) is 6.10 Å². The molecule has 3 atom stereocenters. The van der Waals surface area contributed by atoms with Crippen LogP contribution in [0.25, 0.3) is 0 Å². The van der Waals surface area contributed by atoms with Gasteiger partial charge in [0, 0.05) is 0 Å². The van der Waals surface area contributed by atoms with E-state index >= 15 is 0 Å². The number of nitrogens with one attached hydrogen (secondary N) is 1. The van der Waals surface area contributed by atoms with E-state index in [1.54, 1.807) is 0 Å². The Morgan fingerprint density at radius 1 is 0.451 bits per heavy atom. The van der Waals surface area contributed by atoms with Crippen LogP contribution < -0.4 is 5.32 Å². The Kier molecular flexibility index (Phi) is 37.1. The van der Waals surface area contributed by atoms with E-state index in [2.05, 4.69) is 19.2 Å². The summed E-state index contributed by atoms with van der Waals surface area (Å²) in [5.41, 5.74) is 0. The van der Waals surface area contributed by atoms with Gasteiger partial charge >= 0.3 is 0 Å². The molecule has 0 spiro atoms. The van der Waals surface area contributed by atoms with Gasteiger partial charge in [0.05, 0.1) is 17.9 Å². The molecule has 0 saturated heterocycles. The lowest BCUT2D eigenvalue weighted by Crippen LogP contribution is -2.50. The molecule has 0 aromatic carbocycles. The fourth-order valence-electron chi connectivity index (χ4n) is 7.23. The summed E-state index contributed by atoms with van der Waals surface area (Å²) in [6.45, 7) is 4.53. The van der Waals surface area contributed by atoms with E-state index in [0.29, 0.717) is 12.8 Å². The van der Waals surface area contributed by atoms with E-state index < -0.39 is 40.0 Å². The Hall–Kier alpha value is -0.700. The molecular formula is C43H87NO6S. The molecule has 51 heavy (non-hydrogen) atoms. The van der Waals surface area contributed by atoms with Crippen molar-refractivity contribution in [3.8, 4) is 0 Å². The van der Waals surface area contributed by atoms with Crippen LogP contribution in [0.5, 0.6) is 0 Å². The third kappa shape index (κ3) is 37.4. The molecule has 306 valence electrons. The van der Waals surface area contributed by atoms with E-state index in [1.165, 1.54) is 173 Å². The van der Waals surface area contributed by atoms with Crippen LogP contribution in [0.3, 0.4) is 0 Å². The molecule has 4 N–H and O–H groups in total. The Bertz CT molecular complexity index is 838. The Labute approximate surface area is 317 Å². The maximum atomic E-state index is 12.6. The minimum Gasteiger partial charge on any atom is -0.391 e. The van der Waals surface area contributed by atoms with Crippen LogP contribution >= 0.6 is 0 Å². The molecule has 3 unspecified atom stereocenters. The average molecular weight is 746 g/mol. The van der Waals surface area contributed by atoms with E-state index in [0.717, 1.165) is 44.9 Å². The Balaban J connectivity index is 3.88. The number of carbonyl (C=O) groups excluding carboxylic acids is 1. The van der Waals surface area contributed by atoms with Crippen LogP contribution in [0.2, 0.25) is 0 Å². The summed E-state index contributed by atoms with van der Waals surface area (Å²) < 4.78 is 32.6. The van der Waals surface area contributed by atoms with E-state index in [4.69, 9.17) is 0 Å². The molecule has 0 rings (SSSR count). The van der Waals surface area contributed by atoms with Crippen LogP contribution in [0.15, 0.2) is 0 Å². The molecule has 0 aromatic heterocycles. The standard InChI is InChI=1S/C43H87NO6S/c1-3-5-7-9-11-13-15-17-19-20-21-22-24-26-28-30-32-34-36-38-42(46)43(47)44-40(39-51(48,49)50)41(45)37-35-33-31-29-27-25-23-18-16-14-12-10-8-6-4-2/h40-42,45-46H,3-39H2,1-2H3,(H,44,47)(H,48,49,50). The molecule has 0 aromatic rings. The van der Waals surface area contributed by atoms with Crippen LogP contribution in [-0.4, -0.2) is 53.1 Å². The van der Waals surface area contributed by atoms with Crippen molar-refractivity contribution in [2.75, 3.05) is 5.75 Å². The van der Waals surface area contributed by atoms with Crippen molar-refractivity contribution in [2.45, 2.75) is 263 Å². The quantitative estimate of drug-likeness (QED) is 0.0365. The maximum Gasteiger partial charge on any atom is 0.266 e. The molecule has 0 fully saturated rings. The minimum atomic E-state index is -4.40. The zero-order chi connectivity index (χ0) is 37.7. The first-order valence-corrected chi connectivity index (χ1v) is 23.9. The lowest BCUT2D eigenvalue weighted by molar-refractivity contribution is -0.131. The zero-order valence-electron chi connectivity index (χ0n) is 33.9. The highest BCUT2D eigenvalue weighted by Gasteiger charge is 2.28. The average Bonchev–Trinajstić information content (AvgIpc) is 3.09. The fraction of sp³-hybridized carbons (Fsp3) is 0.977. The SMILES string of the molecule is CCCCCCCCCCCCCCCCCCCCCC(O)C(=O)NC(CS(=O)(=O)O)C(O)CCCCCCCCCCCCCCCCC. The van der Waals surface area contributed by atoms with Crippen molar-refractivity contribution in [2.24, 2.45) is 0 Å². The third-order valence-corrected chi connectivity index (χ3v) is 11.4. The van der Waals surface area contributed by atoms with E-state index in [-0.39, 0.29) is 0 Å². The number of aliphatic hydroxyl groups excluding tert-OH is 2. The van der Waals surface area contributed by atoms with Crippen molar-refractivity contribution >= 4 is 16.0 Å². The predicted octanol–water partition coefficient (Wildman–Crippen LogP) is 12.2. The highest BCUT2D eigenvalue weighted by molar-refractivity contribution is 7.85. The van der Waals surface area contributed by atoms with Gasteiger partial charge in [-0.05, 0) is 12.8 Å². The maximum absolute atomic E-state index is 12.6. The number of aliphatic hydroxyl groups is 2. The molecule has 0 radical (unpaired) electrons. The number of rotatable bonds is 41. The third-order valence-electron chi connectivity index (χ3n) is 10.7. The Morgan fingerprint density at radius 2 is 0.706 bits per heavy atom. The van der Waals surface area contributed by atoms with Gasteiger partial charge in [0.25, 0.3) is 10.1 Å². The van der Waals surface area contributed by atoms with Crippen molar-refractivity contribution in [3.05, 3.63) is 0 Å². The molecular weight excluding hydrogens is 659 g/mol. The molecule has 0 aliphatic heterocycles. The second-order valence-electron chi connectivity index (χ2n) is 15.8. The predicted molar refractivity (Wildman–Crippen MR) is 218 cm³/mol. The normalized spacial score (nSPS) is 13.7. The topological polar surface area (TPSA) is 124 Å². The molecule has 0 heterocycles. The second kappa shape index (κ2) is 37.6. The second-order valence-corrected chi connectivity index (χ2v) is 17.3. The first-order valence-electron chi connectivity index (χ1n) is 22.3. The number of amides is 1. The van der Waals surface area contributed by atoms with Gasteiger partial charge in [-0.2, -0.15) is 8.42 Å². The summed E-state index contributed by atoms with van der Waals surface area (Å²) in [5, 5.41) is 23.6. The summed E-state index contributed by atoms with van der Waals surface area (Å²) in [6, 6.07) is -1.14. The molecule has 0 aliphatic rings.